The smallest absolute Gasteiger partial charge is 0.249 e. The zero-order valence-corrected chi connectivity index (χ0v) is 22.1. The maximum absolute atomic E-state index is 11.9. The topological polar surface area (TPSA) is 94.5 Å². The molecule has 1 amide bonds. The van der Waals surface area contributed by atoms with E-state index in [0.29, 0.717) is 5.56 Å². The van der Waals surface area contributed by atoms with Crippen molar-refractivity contribution in [3.8, 4) is 28.0 Å². The molecule has 0 fully saturated rings. The average Bonchev–Trinajstić information content (AvgIpc) is 3.34. The van der Waals surface area contributed by atoms with Gasteiger partial charge in [0.15, 0.2) is 5.65 Å². The Kier molecular flexibility index (Phi) is 7.11. The van der Waals surface area contributed by atoms with Gasteiger partial charge in [-0.15, -0.1) is 0 Å². The van der Waals surface area contributed by atoms with Gasteiger partial charge in [0.2, 0.25) is 5.91 Å². The molecular formula is C31H33N5O2. The number of rotatable bonds is 10. The van der Waals surface area contributed by atoms with Gasteiger partial charge in [-0.05, 0) is 66.9 Å². The van der Waals surface area contributed by atoms with Gasteiger partial charge in [-0.3, -0.25) is 4.79 Å². The Labute approximate surface area is 222 Å². The van der Waals surface area contributed by atoms with E-state index in [-0.39, 0.29) is 5.60 Å². The number of carbonyl (C=O) groups is 1. The Bertz CT molecular complexity index is 1590. The van der Waals surface area contributed by atoms with Crippen molar-refractivity contribution in [2.75, 3.05) is 13.1 Å². The van der Waals surface area contributed by atoms with Gasteiger partial charge < -0.3 is 15.8 Å². The molecule has 38 heavy (non-hydrogen) atoms. The van der Waals surface area contributed by atoms with Crippen LogP contribution in [0, 0.1) is 0 Å². The second kappa shape index (κ2) is 10.6. The lowest BCUT2D eigenvalue weighted by molar-refractivity contribution is 0.100. The highest BCUT2D eigenvalue weighted by molar-refractivity contribution is 6.11. The third kappa shape index (κ3) is 5.24. The predicted molar refractivity (Wildman–Crippen MR) is 152 cm³/mol. The summed E-state index contributed by atoms with van der Waals surface area (Å²) in [4.78, 5) is 16.7. The molecule has 7 nitrogen and oxygen atoms in total. The Morgan fingerprint density at radius 2 is 1.74 bits per heavy atom. The Balaban J connectivity index is 1.39. The zero-order chi connectivity index (χ0) is 26.7. The Morgan fingerprint density at radius 1 is 0.974 bits per heavy atom. The second-order valence-corrected chi connectivity index (χ2v) is 10.2. The number of primary amides is 1. The van der Waals surface area contributed by atoms with Crippen LogP contribution in [0.15, 0.2) is 79.3 Å². The zero-order valence-electron chi connectivity index (χ0n) is 22.1. The maximum atomic E-state index is 11.9. The minimum absolute atomic E-state index is 0.305. The lowest BCUT2D eigenvalue weighted by Crippen LogP contribution is -2.40. The van der Waals surface area contributed by atoms with E-state index in [0.717, 1.165) is 57.5 Å². The number of hydrogen-bond donors (Lipinski definition) is 2. The highest BCUT2D eigenvalue weighted by Crippen LogP contribution is 2.33. The van der Waals surface area contributed by atoms with Crippen LogP contribution in [-0.4, -0.2) is 39.2 Å². The molecule has 0 spiro atoms. The van der Waals surface area contributed by atoms with Crippen LogP contribution in [0.3, 0.4) is 0 Å². The fourth-order valence-electron chi connectivity index (χ4n) is 4.72. The first-order valence-electron chi connectivity index (χ1n) is 13.0. The molecule has 0 radical (unpaired) electrons. The highest BCUT2D eigenvalue weighted by Gasteiger charge is 2.19. The fourth-order valence-corrected chi connectivity index (χ4v) is 4.72. The Morgan fingerprint density at radius 3 is 2.47 bits per heavy atom. The van der Waals surface area contributed by atoms with Gasteiger partial charge in [-0.25, -0.2) is 9.50 Å². The minimum atomic E-state index is -0.445. The summed E-state index contributed by atoms with van der Waals surface area (Å²) in [6.07, 6.45) is 7.99. The third-order valence-electron chi connectivity index (χ3n) is 6.68. The SMILES string of the molecule is CCCCNCC(C)(C)Oc1ccc(-c2cnc3c(-c4ccc(C(N)=O)c5ccccc45)cnn3c2)cc1. The molecule has 3 aromatic carbocycles. The van der Waals surface area contributed by atoms with Crippen molar-refractivity contribution in [2.45, 2.75) is 39.2 Å². The Hall–Kier alpha value is -4.23. The monoisotopic (exact) mass is 507 g/mol. The molecule has 0 aliphatic carbocycles. The van der Waals surface area contributed by atoms with Gasteiger partial charge in [-0.1, -0.05) is 55.8 Å². The largest absolute Gasteiger partial charge is 0.487 e. The van der Waals surface area contributed by atoms with Gasteiger partial charge in [0, 0.05) is 35.6 Å². The summed E-state index contributed by atoms with van der Waals surface area (Å²) in [5.74, 6) is 0.386. The first-order valence-corrected chi connectivity index (χ1v) is 13.0. The van der Waals surface area contributed by atoms with Crippen LogP contribution in [-0.2, 0) is 0 Å². The first kappa shape index (κ1) is 25.4. The van der Waals surface area contributed by atoms with Crippen molar-refractivity contribution in [3.05, 3.63) is 84.8 Å². The number of nitrogens with two attached hydrogens (primary N) is 1. The van der Waals surface area contributed by atoms with Crippen LogP contribution in [0.25, 0.3) is 38.7 Å². The number of ether oxygens (including phenoxy) is 1. The molecule has 2 aromatic heterocycles. The number of nitrogens with zero attached hydrogens (tertiary/aromatic N) is 3. The van der Waals surface area contributed by atoms with E-state index in [1.807, 2.05) is 73.2 Å². The molecule has 2 heterocycles. The van der Waals surface area contributed by atoms with E-state index in [4.69, 9.17) is 15.5 Å². The van der Waals surface area contributed by atoms with E-state index in [9.17, 15) is 4.79 Å². The predicted octanol–water partition coefficient (Wildman–Crippen LogP) is 5.86. The summed E-state index contributed by atoms with van der Waals surface area (Å²) in [7, 11) is 0. The molecule has 7 heteroatoms. The molecule has 0 unspecified atom stereocenters. The molecule has 0 saturated heterocycles. The number of benzene rings is 3. The lowest BCUT2D eigenvalue weighted by atomic mass is 9.96. The fraction of sp³-hybridized carbons (Fsp3) is 0.258. The molecule has 3 N–H and O–H groups in total. The summed E-state index contributed by atoms with van der Waals surface area (Å²) in [5, 5.41) is 9.80. The van der Waals surface area contributed by atoms with Crippen LogP contribution in [0.1, 0.15) is 44.0 Å². The summed E-state index contributed by atoms with van der Waals surface area (Å²) < 4.78 is 8.02. The second-order valence-electron chi connectivity index (χ2n) is 10.2. The summed E-state index contributed by atoms with van der Waals surface area (Å²) in [6.45, 7) is 8.17. The van der Waals surface area contributed by atoms with Gasteiger partial charge >= 0.3 is 0 Å². The molecule has 0 atom stereocenters. The number of nitrogens with one attached hydrogen (secondary N) is 1. The van der Waals surface area contributed by atoms with E-state index in [1.165, 1.54) is 12.8 Å². The molecule has 0 saturated carbocycles. The van der Waals surface area contributed by atoms with Crippen molar-refractivity contribution in [2.24, 2.45) is 5.73 Å². The van der Waals surface area contributed by atoms with Crippen molar-refractivity contribution < 1.29 is 9.53 Å². The van der Waals surface area contributed by atoms with Crippen molar-refractivity contribution >= 4 is 22.3 Å². The molecule has 0 aliphatic heterocycles. The number of hydrogen-bond acceptors (Lipinski definition) is 5. The number of amides is 1. The van der Waals surface area contributed by atoms with Gasteiger partial charge in [-0.2, -0.15) is 5.10 Å². The number of unbranched alkanes of at least 4 members (excludes halogenated alkanes) is 1. The lowest BCUT2D eigenvalue weighted by Gasteiger charge is -2.27. The van der Waals surface area contributed by atoms with E-state index in [1.54, 1.807) is 10.6 Å². The van der Waals surface area contributed by atoms with Crippen LogP contribution in [0.2, 0.25) is 0 Å². The van der Waals surface area contributed by atoms with E-state index in [2.05, 4.69) is 31.2 Å². The summed E-state index contributed by atoms with van der Waals surface area (Å²) in [5.41, 5.74) is 10.4. The summed E-state index contributed by atoms with van der Waals surface area (Å²) >= 11 is 0. The van der Waals surface area contributed by atoms with Crippen LogP contribution >= 0.6 is 0 Å². The molecule has 5 aromatic rings. The van der Waals surface area contributed by atoms with Gasteiger partial charge in [0.05, 0.1) is 6.20 Å². The van der Waals surface area contributed by atoms with Gasteiger partial charge in [0.1, 0.15) is 11.4 Å². The average molecular weight is 508 g/mol. The van der Waals surface area contributed by atoms with Crippen LogP contribution < -0.4 is 15.8 Å². The molecule has 194 valence electrons. The molecular weight excluding hydrogens is 474 g/mol. The molecule has 5 rings (SSSR count). The van der Waals surface area contributed by atoms with Crippen LogP contribution in [0.5, 0.6) is 5.75 Å². The van der Waals surface area contributed by atoms with Crippen molar-refractivity contribution in [1.82, 2.24) is 19.9 Å². The minimum Gasteiger partial charge on any atom is -0.487 e. The van der Waals surface area contributed by atoms with Gasteiger partial charge in [0.25, 0.3) is 0 Å². The van der Waals surface area contributed by atoms with E-state index < -0.39 is 5.91 Å². The van der Waals surface area contributed by atoms with Crippen molar-refractivity contribution in [1.29, 1.82) is 0 Å². The highest BCUT2D eigenvalue weighted by atomic mass is 16.5. The van der Waals surface area contributed by atoms with E-state index >= 15 is 0 Å². The molecule has 0 bridgehead atoms. The first-order chi connectivity index (χ1) is 18.4. The van der Waals surface area contributed by atoms with Crippen LogP contribution in [0.4, 0.5) is 0 Å². The number of fused-ring (bicyclic) bond motifs is 2. The third-order valence-corrected chi connectivity index (χ3v) is 6.68. The summed E-state index contributed by atoms with van der Waals surface area (Å²) in [6, 6.07) is 19.5. The number of carbonyl (C=O) groups excluding carboxylic acids is 1. The quantitative estimate of drug-likeness (QED) is 0.231. The normalized spacial score (nSPS) is 11.8. The maximum Gasteiger partial charge on any atom is 0.249 e. The molecule has 0 aliphatic rings. The number of aromatic nitrogens is 3. The standard InChI is InChI=1S/C31H33N5O2/c1-4-5-16-33-20-31(2,3)38-23-12-10-21(11-13-23)22-17-34-30-28(18-35-36(30)19-22)26-14-15-27(29(32)37)25-9-7-6-8-24(25)26/h6-15,17-19,33H,4-5,16,20H2,1-3H3,(H2,32,37). The van der Waals surface area contributed by atoms with Crippen molar-refractivity contribution in [3.63, 3.8) is 0 Å².